The Balaban J connectivity index is 1.57. The van der Waals surface area contributed by atoms with Crippen molar-refractivity contribution >= 4 is 63.7 Å². The molecule has 130 valence electrons. The number of nitrogens with two attached hydrogens (primary N) is 1. The number of aromatic nitrogens is 1. The van der Waals surface area contributed by atoms with Gasteiger partial charge in [0.2, 0.25) is 0 Å². The smallest absolute Gasteiger partial charge is 0.336 e. The van der Waals surface area contributed by atoms with E-state index in [-0.39, 0.29) is 26.6 Å². The second kappa shape index (κ2) is 7.07. The number of amides is 1. The topological polar surface area (TPSA) is 93.3 Å². The number of fused-ring (bicyclic) bond motifs is 2. The van der Waals surface area contributed by atoms with Crippen LogP contribution in [0.2, 0.25) is 15.2 Å². The Kier molecular flexibility index (Phi) is 5.24. The first kappa shape index (κ1) is 17.8. The van der Waals surface area contributed by atoms with Crippen molar-refractivity contribution in [2.24, 2.45) is 11.8 Å². The summed E-state index contributed by atoms with van der Waals surface area (Å²) in [4.78, 5) is 14.8. The molecular formula is C14H17Cl3N5OS+. The number of H-pyrrole nitrogens is 1. The average molecular weight is 410 g/mol. The molecule has 2 aliphatic carbocycles. The van der Waals surface area contributed by atoms with Crippen molar-refractivity contribution in [1.82, 2.24) is 16.2 Å². The van der Waals surface area contributed by atoms with E-state index in [2.05, 4.69) is 21.2 Å². The molecule has 3 atom stereocenters. The van der Waals surface area contributed by atoms with Gasteiger partial charge in [-0.1, -0.05) is 29.6 Å². The van der Waals surface area contributed by atoms with Gasteiger partial charge >= 0.3 is 5.91 Å². The lowest BCUT2D eigenvalue weighted by Gasteiger charge is -2.24. The molecule has 0 aromatic carbocycles. The van der Waals surface area contributed by atoms with E-state index < -0.39 is 5.91 Å². The molecule has 0 radical (unpaired) electrons. The Morgan fingerprint density at radius 3 is 2.54 bits per heavy atom. The molecule has 1 heterocycles. The number of nitrogens with one attached hydrogen (secondary N) is 4. The maximum atomic E-state index is 12.2. The number of carbonyl (C=O) groups excluding carboxylic acids is 1. The highest BCUT2D eigenvalue weighted by atomic mass is 35.5. The zero-order valence-corrected chi connectivity index (χ0v) is 15.7. The number of anilines is 1. The summed E-state index contributed by atoms with van der Waals surface area (Å²) < 4.78 is 0. The van der Waals surface area contributed by atoms with Gasteiger partial charge in [0.25, 0.3) is 10.8 Å². The van der Waals surface area contributed by atoms with Crippen LogP contribution < -0.4 is 26.9 Å². The Hall–Kier alpha value is -1.02. The number of hydrogen-bond acceptors (Lipinski definition) is 3. The summed E-state index contributed by atoms with van der Waals surface area (Å²) in [5.74, 6) is 0.919. The second-order valence-electron chi connectivity index (χ2n) is 6.19. The van der Waals surface area contributed by atoms with Crippen molar-refractivity contribution in [1.29, 1.82) is 0 Å². The van der Waals surface area contributed by atoms with Crippen LogP contribution in [0.15, 0.2) is 0 Å². The number of rotatable bonds is 2. The number of hydrogen-bond donors (Lipinski definition) is 4. The SMILES string of the molecule is Nc1c(Cl)c(Cl)[nH+]c(C(=O)NNC(=S)N[C@H]2C[C@@H]3CC[C@@H]2C3)c1Cl. The molecule has 10 heteroatoms. The van der Waals surface area contributed by atoms with E-state index in [1.165, 1.54) is 19.3 Å². The predicted molar refractivity (Wildman–Crippen MR) is 98.0 cm³/mol. The fourth-order valence-electron chi connectivity index (χ4n) is 3.53. The fraction of sp³-hybridized carbons (Fsp3) is 0.500. The molecule has 1 aromatic rings. The number of thiocarbonyl (C=S) groups is 1. The van der Waals surface area contributed by atoms with E-state index in [0.29, 0.717) is 17.1 Å². The fourth-order valence-corrected chi connectivity index (χ4v) is 4.34. The number of aromatic amines is 1. The summed E-state index contributed by atoms with van der Waals surface area (Å²) in [7, 11) is 0. The molecule has 1 amide bonds. The molecule has 0 aliphatic heterocycles. The van der Waals surface area contributed by atoms with E-state index in [1.54, 1.807) is 0 Å². The summed E-state index contributed by atoms with van der Waals surface area (Å²) in [6, 6.07) is 0.372. The van der Waals surface area contributed by atoms with Gasteiger partial charge in [0.05, 0.1) is 5.69 Å². The zero-order chi connectivity index (χ0) is 17.4. The van der Waals surface area contributed by atoms with Crippen LogP contribution >= 0.6 is 47.0 Å². The van der Waals surface area contributed by atoms with Crippen LogP contribution in [0.4, 0.5) is 5.69 Å². The number of hydrazine groups is 1. The monoisotopic (exact) mass is 408 g/mol. The largest absolute Gasteiger partial charge is 0.396 e. The minimum Gasteiger partial charge on any atom is -0.396 e. The third kappa shape index (κ3) is 3.49. The zero-order valence-electron chi connectivity index (χ0n) is 12.6. The minimum atomic E-state index is -0.553. The van der Waals surface area contributed by atoms with Gasteiger partial charge in [-0.2, -0.15) is 4.98 Å². The van der Waals surface area contributed by atoms with Gasteiger partial charge < -0.3 is 11.1 Å². The summed E-state index contributed by atoms with van der Waals surface area (Å²) >= 11 is 23.0. The standard InChI is InChI=1S/C14H16Cl3N5OS/c15-8-10(18)9(16)12(17)20-11(8)13(23)21-22-14(24)19-7-4-5-1-2-6(7)3-5/h5-7H,1-4H2,(H2,18,20)(H,21,23)(H2,19,22,24)/p+1/t5-,6-,7+/m1/s1. The van der Waals surface area contributed by atoms with Gasteiger partial charge in [0.1, 0.15) is 10.0 Å². The van der Waals surface area contributed by atoms with E-state index in [1.807, 2.05) is 0 Å². The number of nitrogen functional groups attached to an aromatic ring is 1. The molecule has 3 rings (SSSR count). The van der Waals surface area contributed by atoms with Gasteiger partial charge in [0, 0.05) is 6.04 Å². The van der Waals surface area contributed by atoms with Gasteiger partial charge in [0.15, 0.2) is 5.11 Å². The van der Waals surface area contributed by atoms with E-state index >= 15 is 0 Å². The normalized spacial score (nSPS) is 24.7. The predicted octanol–water partition coefficient (Wildman–Crippen LogP) is 2.34. The molecule has 0 unspecified atom stereocenters. The minimum absolute atomic E-state index is 0.00112. The van der Waals surface area contributed by atoms with Gasteiger partial charge in [-0.05, 0) is 54.9 Å². The molecular weight excluding hydrogens is 393 g/mol. The van der Waals surface area contributed by atoms with Crippen molar-refractivity contribution in [3.8, 4) is 0 Å². The van der Waals surface area contributed by atoms with Crippen LogP contribution in [0, 0.1) is 11.8 Å². The van der Waals surface area contributed by atoms with Crippen molar-refractivity contribution in [3.05, 3.63) is 20.9 Å². The maximum Gasteiger partial charge on any atom is 0.336 e. The first-order chi connectivity index (χ1) is 11.4. The number of pyridine rings is 1. The molecule has 2 aliphatic rings. The summed E-state index contributed by atoms with van der Waals surface area (Å²) in [5, 5.41) is 3.72. The van der Waals surface area contributed by atoms with Crippen molar-refractivity contribution < 1.29 is 9.78 Å². The summed E-state index contributed by atoms with van der Waals surface area (Å²) in [5.41, 5.74) is 10.9. The lowest BCUT2D eigenvalue weighted by molar-refractivity contribution is -0.379. The van der Waals surface area contributed by atoms with Crippen LogP contribution in [-0.4, -0.2) is 17.1 Å². The molecule has 24 heavy (non-hydrogen) atoms. The Labute approximate surface area is 159 Å². The molecule has 0 saturated heterocycles. The summed E-state index contributed by atoms with van der Waals surface area (Å²) in [6.45, 7) is 0. The van der Waals surface area contributed by atoms with Crippen LogP contribution in [-0.2, 0) is 0 Å². The van der Waals surface area contributed by atoms with Crippen molar-refractivity contribution in [3.63, 3.8) is 0 Å². The van der Waals surface area contributed by atoms with Crippen LogP contribution in [0.3, 0.4) is 0 Å². The Bertz CT molecular complexity index is 701. The average Bonchev–Trinajstić information content (AvgIpc) is 3.16. The lowest BCUT2D eigenvalue weighted by atomic mass is 9.96. The molecule has 1 aromatic heterocycles. The highest BCUT2D eigenvalue weighted by Gasteiger charge is 2.39. The van der Waals surface area contributed by atoms with Gasteiger partial charge in [-0.3, -0.25) is 15.6 Å². The van der Waals surface area contributed by atoms with E-state index in [9.17, 15) is 4.79 Å². The van der Waals surface area contributed by atoms with Crippen molar-refractivity contribution in [2.75, 3.05) is 5.73 Å². The van der Waals surface area contributed by atoms with Crippen molar-refractivity contribution in [2.45, 2.75) is 31.7 Å². The van der Waals surface area contributed by atoms with Gasteiger partial charge in [-0.25, -0.2) is 0 Å². The first-order valence-electron chi connectivity index (χ1n) is 7.59. The summed E-state index contributed by atoms with van der Waals surface area (Å²) in [6.07, 6.45) is 4.94. The van der Waals surface area contributed by atoms with Crippen LogP contribution in [0.25, 0.3) is 0 Å². The Morgan fingerprint density at radius 1 is 1.17 bits per heavy atom. The third-order valence-corrected chi connectivity index (χ3v) is 6.08. The first-order valence-corrected chi connectivity index (χ1v) is 9.13. The lowest BCUT2D eigenvalue weighted by Crippen LogP contribution is -2.51. The Morgan fingerprint density at radius 2 is 1.92 bits per heavy atom. The molecule has 2 bridgehead atoms. The van der Waals surface area contributed by atoms with Crippen LogP contribution in [0.5, 0.6) is 0 Å². The number of carbonyl (C=O) groups is 1. The van der Waals surface area contributed by atoms with E-state index in [4.69, 9.17) is 52.8 Å². The highest BCUT2D eigenvalue weighted by Crippen LogP contribution is 2.44. The second-order valence-corrected chi connectivity index (χ2v) is 7.73. The highest BCUT2D eigenvalue weighted by molar-refractivity contribution is 7.80. The molecule has 6 N–H and O–H groups in total. The maximum absolute atomic E-state index is 12.2. The van der Waals surface area contributed by atoms with E-state index in [0.717, 1.165) is 12.3 Å². The van der Waals surface area contributed by atoms with Gasteiger partial charge in [-0.15, -0.1) is 0 Å². The quantitative estimate of drug-likeness (QED) is 0.342. The molecule has 6 nitrogen and oxygen atoms in total. The molecule has 2 saturated carbocycles. The molecule has 0 spiro atoms. The molecule has 2 fully saturated rings. The number of halogens is 3. The van der Waals surface area contributed by atoms with Crippen LogP contribution in [0.1, 0.15) is 36.2 Å². The third-order valence-electron chi connectivity index (χ3n) is 4.69.